The SMILES string of the molecule is O=C(O)C1CN(CCC2CCNCC2)c2c(cnc3ccc(O)cc23)O1. The summed E-state index contributed by atoms with van der Waals surface area (Å²) < 4.78 is 5.67. The van der Waals surface area contributed by atoms with Gasteiger partial charge in [-0.1, -0.05) is 0 Å². The van der Waals surface area contributed by atoms with E-state index in [4.69, 9.17) is 4.74 Å². The molecule has 2 aliphatic heterocycles. The maximum atomic E-state index is 11.5. The highest BCUT2D eigenvalue weighted by Gasteiger charge is 2.32. The Labute approximate surface area is 151 Å². The van der Waals surface area contributed by atoms with Crippen LogP contribution in [0.5, 0.6) is 11.5 Å². The average Bonchev–Trinajstić information content (AvgIpc) is 2.66. The number of nitrogens with zero attached hydrogens (tertiary/aromatic N) is 2. The Morgan fingerprint density at radius 3 is 2.92 bits per heavy atom. The Morgan fingerprint density at radius 1 is 1.35 bits per heavy atom. The third-order valence-corrected chi connectivity index (χ3v) is 5.30. The van der Waals surface area contributed by atoms with Crippen LogP contribution in [0.4, 0.5) is 5.69 Å². The van der Waals surface area contributed by atoms with Crippen molar-refractivity contribution < 1.29 is 19.7 Å². The number of carboxylic acids is 1. The molecule has 4 rings (SSSR count). The highest BCUT2D eigenvalue weighted by molar-refractivity contribution is 5.96. The number of phenolic OH excluding ortho intramolecular Hbond substituents is 1. The summed E-state index contributed by atoms with van der Waals surface area (Å²) in [4.78, 5) is 17.9. The third-order valence-electron chi connectivity index (χ3n) is 5.30. The van der Waals surface area contributed by atoms with E-state index in [9.17, 15) is 15.0 Å². The van der Waals surface area contributed by atoms with Crippen molar-refractivity contribution in [1.29, 1.82) is 0 Å². The lowest BCUT2D eigenvalue weighted by Crippen LogP contribution is -2.45. The number of ether oxygens (including phenoxy) is 1. The Hall–Kier alpha value is -2.54. The number of pyridine rings is 1. The number of phenols is 1. The molecule has 3 heterocycles. The van der Waals surface area contributed by atoms with Crippen molar-refractivity contribution in [2.45, 2.75) is 25.4 Å². The van der Waals surface area contributed by atoms with Gasteiger partial charge in [-0.05, 0) is 56.5 Å². The molecule has 0 bridgehead atoms. The quantitative estimate of drug-likeness (QED) is 0.770. The Kier molecular flexibility index (Phi) is 4.55. The van der Waals surface area contributed by atoms with E-state index in [1.165, 1.54) is 0 Å². The molecule has 1 aromatic heterocycles. The maximum Gasteiger partial charge on any atom is 0.346 e. The fourth-order valence-electron chi connectivity index (χ4n) is 3.88. The zero-order valence-corrected chi connectivity index (χ0v) is 14.5. The fourth-order valence-corrected chi connectivity index (χ4v) is 3.88. The first-order valence-corrected chi connectivity index (χ1v) is 9.08. The molecule has 1 atom stereocenters. The molecular weight excluding hydrogens is 334 g/mol. The Balaban J connectivity index is 1.67. The molecule has 1 fully saturated rings. The van der Waals surface area contributed by atoms with Crippen molar-refractivity contribution in [2.75, 3.05) is 31.1 Å². The molecule has 0 aliphatic carbocycles. The second-order valence-electron chi connectivity index (χ2n) is 7.05. The van der Waals surface area contributed by atoms with Gasteiger partial charge in [-0.3, -0.25) is 4.98 Å². The number of benzene rings is 1. The minimum Gasteiger partial charge on any atom is -0.508 e. The predicted octanol–water partition coefficient (Wildman–Crippen LogP) is 1.98. The molecule has 0 radical (unpaired) electrons. The number of carbonyl (C=O) groups is 1. The smallest absolute Gasteiger partial charge is 0.346 e. The second kappa shape index (κ2) is 6.99. The van der Waals surface area contributed by atoms with Crippen molar-refractivity contribution in [3.63, 3.8) is 0 Å². The summed E-state index contributed by atoms with van der Waals surface area (Å²) in [6, 6.07) is 5.03. The van der Waals surface area contributed by atoms with Crippen molar-refractivity contribution in [1.82, 2.24) is 10.3 Å². The minimum absolute atomic E-state index is 0.159. The molecule has 7 nitrogen and oxygen atoms in total. The van der Waals surface area contributed by atoms with Gasteiger partial charge in [0.15, 0.2) is 5.75 Å². The molecule has 2 aromatic rings. The van der Waals surface area contributed by atoms with Crippen molar-refractivity contribution in [3.05, 3.63) is 24.4 Å². The van der Waals surface area contributed by atoms with Gasteiger partial charge in [0.2, 0.25) is 6.10 Å². The van der Waals surface area contributed by atoms with Crippen LogP contribution in [0.15, 0.2) is 24.4 Å². The molecule has 0 amide bonds. The van der Waals surface area contributed by atoms with E-state index >= 15 is 0 Å². The molecule has 26 heavy (non-hydrogen) atoms. The normalized spacial score (nSPS) is 20.6. The summed E-state index contributed by atoms with van der Waals surface area (Å²) in [7, 11) is 0. The number of fused-ring (bicyclic) bond motifs is 3. The minimum atomic E-state index is -0.974. The molecule has 1 aromatic carbocycles. The molecule has 0 saturated carbocycles. The van der Waals surface area contributed by atoms with Crippen LogP contribution in [0, 0.1) is 5.92 Å². The van der Waals surface area contributed by atoms with Crippen molar-refractivity contribution in [2.24, 2.45) is 5.92 Å². The zero-order valence-electron chi connectivity index (χ0n) is 14.5. The van der Waals surface area contributed by atoms with Crippen LogP contribution in [0.25, 0.3) is 10.9 Å². The van der Waals surface area contributed by atoms with E-state index in [1.54, 1.807) is 24.4 Å². The highest BCUT2D eigenvalue weighted by Crippen LogP contribution is 2.40. The lowest BCUT2D eigenvalue weighted by Gasteiger charge is -2.36. The van der Waals surface area contributed by atoms with Crippen molar-refractivity contribution >= 4 is 22.6 Å². The van der Waals surface area contributed by atoms with E-state index in [1.807, 2.05) is 0 Å². The number of piperidine rings is 1. The number of anilines is 1. The van der Waals surface area contributed by atoms with Gasteiger partial charge in [0.25, 0.3) is 0 Å². The molecule has 138 valence electrons. The van der Waals surface area contributed by atoms with Crippen LogP contribution in [0.2, 0.25) is 0 Å². The van der Waals surface area contributed by atoms with Crippen LogP contribution in [0.3, 0.4) is 0 Å². The molecule has 3 N–H and O–H groups in total. The van der Waals surface area contributed by atoms with Crippen LogP contribution in [-0.4, -0.2) is 53.4 Å². The largest absolute Gasteiger partial charge is 0.508 e. The van der Waals surface area contributed by atoms with Gasteiger partial charge in [0.05, 0.1) is 23.9 Å². The monoisotopic (exact) mass is 357 g/mol. The highest BCUT2D eigenvalue weighted by atomic mass is 16.5. The van der Waals surface area contributed by atoms with E-state index in [-0.39, 0.29) is 5.75 Å². The number of hydrogen-bond acceptors (Lipinski definition) is 6. The number of aromatic hydroxyl groups is 1. The number of carboxylic acid groups (broad SMARTS) is 1. The average molecular weight is 357 g/mol. The number of hydrogen-bond donors (Lipinski definition) is 3. The van der Waals surface area contributed by atoms with E-state index in [0.717, 1.165) is 55.5 Å². The lowest BCUT2D eigenvalue weighted by molar-refractivity contribution is -0.144. The topological polar surface area (TPSA) is 94.9 Å². The van der Waals surface area contributed by atoms with Gasteiger partial charge < -0.3 is 25.2 Å². The third kappa shape index (κ3) is 3.26. The number of aromatic nitrogens is 1. The predicted molar refractivity (Wildman–Crippen MR) is 97.9 cm³/mol. The summed E-state index contributed by atoms with van der Waals surface area (Å²) in [6.45, 7) is 3.15. The standard InChI is InChI=1S/C19H23N3O4/c23-13-1-2-15-14(9-13)18-16(10-21-15)26-17(19(24)25)11-22(18)8-5-12-3-6-20-7-4-12/h1-2,9-10,12,17,20,23H,3-8,11H2,(H,24,25). The van der Waals surface area contributed by atoms with Gasteiger partial charge >= 0.3 is 5.97 Å². The van der Waals surface area contributed by atoms with Crippen molar-refractivity contribution in [3.8, 4) is 11.5 Å². The van der Waals surface area contributed by atoms with Crippen LogP contribution < -0.4 is 15.0 Å². The number of aliphatic carboxylic acids is 1. The van der Waals surface area contributed by atoms with E-state index in [2.05, 4.69) is 15.2 Å². The van der Waals surface area contributed by atoms with Gasteiger partial charge in [0.1, 0.15) is 5.75 Å². The summed E-state index contributed by atoms with van der Waals surface area (Å²) >= 11 is 0. The first-order chi connectivity index (χ1) is 12.6. The lowest BCUT2D eigenvalue weighted by atomic mass is 9.94. The zero-order chi connectivity index (χ0) is 18.1. The molecule has 1 unspecified atom stereocenters. The Bertz CT molecular complexity index is 820. The molecule has 0 spiro atoms. The molecule has 7 heteroatoms. The Morgan fingerprint density at radius 2 is 2.15 bits per heavy atom. The van der Waals surface area contributed by atoms with Gasteiger partial charge in [0, 0.05) is 11.9 Å². The maximum absolute atomic E-state index is 11.5. The summed E-state index contributed by atoms with van der Waals surface area (Å²) in [6.07, 6.45) is 3.99. The summed E-state index contributed by atoms with van der Waals surface area (Å²) in [5.74, 6) is 0.296. The van der Waals surface area contributed by atoms with E-state index < -0.39 is 12.1 Å². The van der Waals surface area contributed by atoms with Crippen LogP contribution in [0.1, 0.15) is 19.3 Å². The molecule has 2 aliphatic rings. The van der Waals surface area contributed by atoms with Gasteiger partial charge in [-0.15, -0.1) is 0 Å². The second-order valence-corrected chi connectivity index (χ2v) is 7.05. The number of nitrogens with one attached hydrogen (secondary N) is 1. The van der Waals surface area contributed by atoms with Gasteiger partial charge in [-0.25, -0.2) is 4.79 Å². The van der Waals surface area contributed by atoms with Crippen LogP contribution in [-0.2, 0) is 4.79 Å². The summed E-state index contributed by atoms with van der Waals surface area (Å²) in [5, 5.41) is 23.5. The first-order valence-electron chi connectivity index (χ1n) is 9.08. The summed E-state index contributed by atoms with van der Waals surface area (Å²) in [5.41, 5.74) is 1.59. The fraction of sp³-hybridized carbons (Fsp3) is 0.474. The number of rotatable bonds is 4. The van der Waals surface area contributed by atoms with Crippen LogP contribution >= 0.6 is 0 Å². The molecular formula is C19H23N3O4. The van der Waals surface area contributed by atoms with E-state index in [0.29, 0.717) is 18.2 Å². The van der Waals surface area contributed by atoms with Gasteiger partial charge in [-0.2, -0.15) is 0 Å². The first kappa shape index (κ1) is 16.9. The molecule has 1 saturated heterocycles.